The Morgan fingerprint density at radius 1 is 1.13 bits per heavy atom. The Balaban J connectivity index is 1.11. The van der Waals surface area contributed by atoms with Crippen molar-refractivity contribution in [3.05, 3.63) is 24.5 Å². The van der Waals surface area contributed by atoms with Crippen LogP contribution in [0.4, 0.5) is 10.5 Å². The minimum Gasteiger partial charge on any atom is -0.450 e. The predicted octanol–water partition coefficient (Wildman–Crippen LogP) is 3.77. The van der Waals surface area contributed by atoms with Crippen molar-refractivity contribution in [3.8, 4) is 0 Å². The minimum atomic E-state index is -0.117. The zero-order valence-electron chi connectivity index (χ0n) is 18.3. The molecule has 30 heavy (non-hydrogen) atoms. The van der Waals surface area contributed by atoms with E-state index in [-0.39, 0.29) is 6.09 Å². The van der Waals surface area contributed by atoms with Gasteiger partial charge in [-0.3, -0.25) is 4.98 Å². The standard InChI is InChI=1S/C24H36N4O2/c1-2-30-23(29)27-15-9-24(18-27)16-21(17-24)26-13-7-19(8-14-26)22-4-3-12-28(22)20-5-10-25-11-6-20/h5-6,10-11,19,21-22H,2-4,7-9,12-18H2,1H3. The lowest BCUT2D eigenvalue weighted by atomic mass is 9.64. The highest BCUT2D eigenvalue weighted by Gasteiger charge is 2.51. The number of hydrogen-bond acceptors (Lipinski definition) is 5. The van der Waals surface area contributed by atoms with Crippen molar-refractivity contribution in [1.29, 1.82) is 0 Å². The fourth-order valence-electron chi connectivity index (χ4n) is 6.65. The van der Waals surface area contributed by atoms with Crippen molar-refractivity contribution in [2.45, 2.75) is 64.0 Å². The van der Waals surface area contributed by atoms with Gasteiger partial charge in [0.25, 0.3) is 0 Å². The summed E-state index contributed by atoms with van der Waals surface area (Å²) in [6.07, 6.45) is 12.7. The Hall–Kier alpha value is -1.82. The lowest BCUT2D eigenvalue weighted by Crippen LogP contribution is -2.55. The molecule has 164 valence electrons. The maximum absolute atomic E-state index is 12.0. The summed E-state index contributed by atoms with van der Waals surface area (Å²) in [5.41, 5.74) is 1.72. The number of amides is 1. The van der Waals surface area contributed by atoms with Gasteiger partial charge in [0.05, 0.1) is 6.61 Å². The maximum Gasteiger partial charge on any atom is 0.409 e. The Morgan fingerprint density at radius 3 is 2.63 bits per heavy atom. The zero-order chi connectivity index (χ0) is 20.6. The van der Waals surface area contributed by atoms with Crippen molar-refractivity contribution in [2.75, 3.05) is 44.2 Å². The molecule has 6 nitrogen and oxygen atoms in total. The van der Waals surface area contributed by atoms with Crippen molar-refractivity contribution >= 4 is 11.8 Å². The molecular formula is C24H36N4O2. The maximum atomic E-state index is 12.0. The van der Waals surface area contributed by atoms with E-state index in [9.17, 15) is 4.79 Å². The highest BCUT2D eigenvalue weighted by Crippen LogP contribution is 2.51. The van der Waals surface area contributed by atoms with E-state index in [0.717, 1.165) is 31.5 Å². The number of likely N-dealkylation sites (tertiary alicyclic amines) is 2. The first-order chi connectivity index (χ1) is 14.7. The number of piperidine rings is 1. The first-order valence-electron chi connectivity index (χ1n) is 12.0. The van der Waals surface area contributed by atoms with Gasteiger partial charge in [0.1, 0.15) is 0 Å². The van der Waals surface area contributed by atoms with Crippen LogP contribution in [0.5, 0.6) is 0 Å². The smallest absolute Gasteiger partial charge is 0.409 e. The Kier molecular flexibility index (Phi) is 5.61. The SMILES string of the molecule is CCOC(=O)N1CCC2(CC(N3CCC(C4CCCN4c4ccncc4)CC3)C2)C1. The van der Waals surface area contributed by atoms with Gasteiger partial charge in [-0.25, -0.2) is 4.79 Å². The molecule has 6 heteroatoms. The number of rotatable bonds is 4. The fraction of sp³-hybridized carbons (Fsp3) is 0.750. The number of ether oxygens (including phenoxy) is 1. The number of carbonyl (C=O) groups is 1. The van der Waals surface area contributed by atoms with Crippen molar-refractivity contribution in [1.82, 2.24) is 14.8 Å². The van der Waals surface area contributed by atoms with Crippen LogP contribution in [0, 0.1) is 11.3 Å². The molecule has 0 aromatic carbocycles. The summed E-state index contributed by atoms with van der Waals surface area (Å²) in [5.74, 6) is 0.816. The van der Waals surface area contributed by atoms with Crippen LogP contribution in [0.15, 0.2) is 24.5 Å². The van der Waals surface area contributed by atoms with E-state index >= 15 is 0 Å². The molecule has 1 amide bonds. The van der Waals surface area contributed by atoms with E-state index in [1.165, 1.54) is 63.8 Å². The van der Waals surface area contributed by atoms with E-state index in [1.54, 1.807) is 0 Å². The molecule has 4 heterocycles. The van der Waals surface area contributed by atoms with Crippen LogP contribution in [0.1, 0.15) is 51.9 Å². The third-order valence-corrected chi connectivity index (χ3v) is 8.23. The van der Waals surface area contributed by atoms with Gasteiger partial charge in [-0.15, -0.1) is 0 Å². The van der Waals surface area contributed by atoms with Crippen LogP contribution >= 0.6 is 0 Å². The number of aromatic nitrogens is 1. The molecule has 1 spiro atoms. The van der Waals surface area contributed by atoms with Crippen LogP contribution in [0.2, 0.25) is 0 Å². The second-order valence-electron chi connectivity index (χ2n) is 9.91. The molecule has 1 atom stereocenters. The molecule has 1 aromatic rings. The molecule has 4 aliphatic rings. The predicted molar refractivity (Wildman–Crippen MR) is 118 cm³/mol. The molecular weight excluding hydrogens is 376 g/mol. The monoisotopic (exact) mass is 412 g/mol. The van der Waals surface area contributed by atoms with E-state index in [1.807, 2.05) is 24.2 Å². The Labute approximate surface area is 180 Å². The van der Waals surface area contributed by atoms with Gasteiger partial charge in [0.2, 0.25) is 0 Å². The average Bonchev–Trinajstić information content (AvgIpc) is 3.42. The quantitative estimate of drug-likeness (QED) is 0.753. The largest absolute Gasteiger partial charge is 0.450 e. The van der Waals surface area contributed by atoms with Crippen LogP contribution in [0.25, 0.3) is 0 Å². The first kappa shape index (κ1) is 20.1. The van der Waals surface area contributed by atoms with Crippen molar-refractivity contribution in [3.63, 3.8) is 0 Å². The highest BCUT2D eigenvalue weighted by molar-refractivity contribution is 5.68. The lowest BCUT2D eigenvalue weighted by Gasteiger charge is -2.52. The van der Waals surface area contributed by atoms with Gasteiger partial charge in [-0.1, -0.05) is 0 Å². The summed E-state index contributed by atoms with van der Waals surface area (Å²) in [6, 6.07) is 5.77. The summed E-state index contributed by atoms with van der Waals surface area (Å²) in [6.45, 7) is 7.81. The minimum absolute atomic E-state index is 0.117. The third-order valence-electron chi connectivity index (χ3n) is 8.23. The van der Waals surface area contributed by atoms with Gasteiger partial charge in [-0.05, 0) is 88.4 Å². The molecule has 0 radical (unpaired) electrons. The van der Waals surface area contributed by atoms with Crippen molar-refractivity contribution < 1.29 is 9.53 Å². The molecule has 3 saturated heterocycles. The number of carbonyl (C=O) groups excluding carboxylic acids is 1. The van der Waals surface area contributed by atoms with Gasteiger partial charge in [-0.2, -0.15) is 0 Å². The molecule has 1 aliphatic carbocycles. The summed E-state index contributed by atoms with van der Waals surface area (Å²) < 4.78 is 5.20. The van der Waals surface area contributed by atoms with E-state index in [4.69, 9.17) is 4.74 Å². The molecule has 0 N–H and O–H groups in total. The summed E-state index contributed by atoms with van der Waals surface area (Å²) in [7, 11) is 0. The van der Waals surface area contributed by atoms with Crippen LogP contribution < -0.4 is 4.90 Å². The summed E-state index contributed by atoms with van der Waals surface area (Å²) in [4.78, 5) is 23.5. The Bertz CT molecular complexity index is 728. The molecule has 5 rings (SSSR count). The van der Waals surface area contributed by atoms with Crippen LogP contribution in [0.3, 0.4) is 0 Å². The topological polar surface area (TPSA) is 48.9 Å². The third kappa shape index (κ3) is 3.79. The zero-order valence-corrected chi connectivity index (χ0v) is 18.3. The van der Waals surface area contributed by atoms with Gasteiger partial charge in [0.15, 0.2) is 0 Å². The van der Waals surface area contributed by atoms with Gasteiger partial charge in [0, 0.05) is 49.8 Å². The summed E-state index contributed by atoms with van der Waals surface area (Å²) in [5, 5.41) is 0. The van der Waals surface area contributed by atoms with E-state index < -0.39 is 0 Å². The number of nitrogens with zero attached hydrogens (tertiary/aromatic N) is 4. The Morgan fingerprint density at radius 2 is 1.90 bits per heavy atom. The average molecular weight is 413 g/mol. The van der Waals surface area contributed by atoms with Gasteiger partial charge >= 0.3 is 6.09 Å². The number of anilines is 1. The van der Waals surface area contributed by atoms with E-state index in [0.29, 0.717) is 18.1 Å². The van der Waals surface area contributed by atoms with E-state index in [2.05, 4.69) is 26.9 Å². The second-order valence-corrected chi connectivity index (χ2v) is 9.91. The number of pyridine rings is 1. The molecule has 1 saturated carbocycles. The first-order valence-corrected chi connectivity index (χ1v) is 12.0. The lowest BCUT2D eigenvalue weighted by molar-refractivity contribution is -0.0109. The molecule has 1 aromatic heterocycles. The second kappa shape index (κ2) is 8.37. The molecule has 4 fully saturated rings. The van der Waals surface area contributed by atoms with Crippen LogP contribution in [-0.4, -0.2) is 72.3 Å². The summed E-state index contributed by atoms with van der Waals surface area (Å²) >= 11 is 0. The highest BCUT2D eigenvalue weighted by atomic mass is 16.6. The molecule has 0 bridgehead atoms. The number of hydrogen-bond donors (Lipinski definition) is 0. The fourth-order valence-corrected chi connectivity index (χ4v) is 6.65. The normalized spacial score (nSPS) is 32.6. The van der Waals surface area contributed by atoms with Crippen LogP contribution in [-0.2, 0) is 4.74 Å². The van der Waals surface area contributed by atoms with Gasteiger partial charge < -0.3 is 19.4 Å². The molecule has 3 aliphatic heterocycles. The van der Waals surface area contributed by atoms with Crippen molar-refractivity contribution in [2.24, 2.45) is 11.3 Å². The molecule has 1 unspecified atom stereocenters.